The zero-order chi connectivity index (χ0) is 17.6. The van der Waals surface area contributed by atoms with Crippen LogP contribution in [-0.4, -0.2) is 23.2 Å². The van der Waals surface area contributed by atoms with Crippen molar-refractivity contribution >= 4 is 34.2 Å². The number of H-pyrrole nitrogens is 1. The highest BCUT2D eigenvalue weighted by Crippen LogP contribution is 2.17. The highest BCUT2D eigenvalue weighted by molar-refractivity contribution is 6.30. The number of carbonyl (C=O) groups excluding carboxylic acids is 2. The maximum Gasteiger partial charge on any atom is 0.220 e. The number of nitrogens with one attached hydrogen (secondary N) is 2. The second kappa shape index (κ2) is 7.99. The standard InChI is InChI=1S/C20H19ClN2O2/c21-16-7-5-14(6-8-16)19(24)9-10-20(25)22-12-11-15-13-23-18-4-2-1-3-17(15)18/h1-8,13,23H,9-12H2,(H,22,25). The van der Waals surface area contributed by atoms with Gasteiger partial charge in [0, 0.05) is 47.1 Å². The van der Waals surface area contributed by atoms with Crippen LogP contribution >= 0.6 is 11.6 Å². The number of benzene rings is 2. The van der Waals surface area contributed by atoms with E-state index in [1.54, 1.807) is 24.3 Å². The van der Waals surface area contributed by atoms with E-state index in [-0.39, 0.29) is 24.5 Å². The monoisotopic (exact) mass is 354 g/mol. The first-order chi connectivity index (χ1) is 12.1. The van der Waals surface area contributed by atoms with Crippen molar-refractivity contribution in [2.75, 3.05) is 6.54 Å². The van der Waals surface area contributed by atoms with Gasteiger partial charge in [-0.2, -0.15) is 0 Å². The van der Waals surface area contributed by atoms with E-state index in [0.29, 0.717) is 17.1 Å². The molecule has 0 unspecified atom stereocenters. The van der Waals surface area contributed by atoms with Crippen molar-refractivity contribution in [2.45, 2.75) is 19.3 Å². The van der Waals surface area contributed by atoms with Gasteiger partial charge in [0.15, 0.2) is 5.78 Å². The van der Waals surface area contributed by atoms with Crippen molar-refractivity contribution in [3.63, 3.8) is 0 Å². The summed E-state index contributed by atoms with van der Waals surface area (Å²) in [6.07, 6.45) is 3.11. The third kappa shape index (κ3) is 4.48. The Morgan fingerprint density at radius 1 is 1.00 bits per heavy atom. The number of ketones is 1. The van der Waals surface area contributed by atoms with Crippen LogP contribution in [-0.2, 0) is 11.2 Å². The number of rotatable bonds is 7. The van der Waals surface area contributed by atoms with Gasteiger partial charge in [-0.25, -0.2) is 0 Å². The molecule has 1 heterocycles. The Hall–Kier alpha value is -2.59. The molecule has 0 bridgehead atoms. The first-order valence-electron chi connectivity index (χ1n) is 8.24. The van der Waals surface area contributed by atoms with E-state index in [4.69, 9.17) is 11.6 Å². The highest BCUT2D eigenvalue weighted by atomic mass is 35.5. The van der Waals surface area contributed by atoms with Gasteiger partial charge in [-0.15, -0.1) is 0 Å². The Labute approximate surface area is 151 Å². The molecule has 25 heavy (non-hydrogen) atoms. The Balaban J connectivity index is 1.44. The summed E-state index contributed by atoms with van der Waals surface area (Å²) < 4.78 is 0. The minimum atomic E-state index is -0.109. The fraction of sp³-hybridized carbons (Fsp3) is 0.200. The van der Waals surface area contributed by atoms with Crippen LogP contribution in [0.3, 0.4) is 0 Å². The number of hydrogen-bond acceptors (Lipinski definition) is 2. The number of Topliss-reactive ketones (excluding diaryl/α,β-unsaturated/α-hetero) is 1. The topological polar surface area (TPSA) is 62.0 Å². The predicted octanol–water partition coefficient (Wildman–Crippen LogP) is 4.14. The van der Waals surface area contributed by atoms with Crippen LogP contribution < -0.4 is 5.32 Å². The van der Waals surface area contributed by atoms with Gasteiger partial charge in [0.05, 0.1) is 0 Å². The number of halogens is 1. The normalized spacial score (nSPS) is 10.8. The molecular formula is C20H19ClN2O2. The molecule has 4 nitrogen and oxygen atoms in total. The lowest BCUT2D eigenvalue weighted by Crippen LogP contribution is -2.26. The van der Waals surface area contributed by atoms with E-state index in [0.717, 1.165) is 11.9 Å². The molecule has 3 rings (SSSR count). The summed E-state index contributed by atoms with van der Waals surface area (Å²) in [6, 6.07) is 14.8. The van der Waals surface area contributed by atoms with Crippen molar-refractivity contribution in [1.82, 2.24) is 10.3 Å². The van der Waals surface area contributed by atoms with Gasteiger partial charge in [-0.3, -0.25) is 9.59 Å². The molecule has 0 radical (unpaired) electrons. The molecule has 0 spiro atoms. The zero-order valence-corrected chi connectivity index (χ0v) is 14.5. The van der Waals surface area contributed by atoms with Crippen LogP contribution in [0.2, 0.25) is 5.02 Å². The van der Waals surface area contributed by atoms with Crippen molar-refractivity contribution in [1.29, 1.82) is 0 Å². The molecule has 0 atom stereocenters. The van der Waals surface area contributed by atoms with Crippen LogP contribution in [0.4, 0.5) is 0 Å². The number of fused-ring (bicyclic) bond motifs is 1. The molecule has 1 amide bonds. The lowest BCUT2D eigenvalue weighted by Gasteiger charge is -2.05. The summed E-state index contributed by atoms with van der Waals surface area (Å²) in [7, 11) is 0. The van der Waals surface area contributed by atoms with Gasteiger partial charge in [0.25, 0.3) is 0 Å². The number of amides is 1. The molecule has 3 aromatic rings. The van der Waals surface area contributed by atoms with Crippen LogP contribution in [0.1, 0.15) is 28.8 Å². The summed E-state index contributed by atoms with van der Waals surface area (Å²) in [5.41, 5.74) is 2.85. The fourth-order valence-corrected chi connectivity index (χ4v) is 2.90. The summed E-state index contributed by atoms with van der Waals surface area (Å²) in [6.45, 7) is 0.551. The number of hydrogen-bond donors (Lipinski definition) is 2. The summed E-state index contributed by atoms with van der Waals surface area (Å²) >= 11 is 5.80. The third-order valence-corrected chi connectivity index (χ3v) is 4.39. The van der Waals surface area contributed by atoms with E-state index in [1.807, 2.05) is 24.4 Å². The van der Waals surface area contributed by atoms with Crippen molar-refractivity contribution < 1.29 is 9.59 Å². The number of para-hydroxylation sites is 1. The summed E-state index contributed by atoms with van der Waals surface area (Å²) in [5, 5.41) is 4.64. The smallest absolute Gasteiger partial charge is 0.220 e. The first-order valence-corrected chi connectivity index (χ1v) is 8.62. The van der Waals surface area contributed by atoms with Gasteiger partial charge < -0.3 is 10.3 Å². The number of aromatic nitrogens is 1. The zero-order valence-electron chi connectivity index (χ0n) is 13.7. The van der Waals surface area contributed by atoms with Crippen LogP contribution in [0.15, 0.2) is 54.7 Å². The Morgan fingerprint density at radius 2 is 1.76 bits per heavy atom. The van der Waals surface area contributed by atoms with Crippen LogP contribution in [0, 0.1) is 0 Å². The van der Waals surface area contributed by atoms with E-state index in [2.05, 4.69) is 16.4 Å². The minimum Gasteiger partial charge on any atom is -0.361 e. The lowest BCUT2D eigenvalue weighted by molar-refractivity contribution is -0.121. The lowest BCUT2D eigenvalue weighted by atomic mass is 10.1. The van der Waals surface area contributed by atoms with Gasteiger partial charge in [0.1, 0.15) is 0 Å². The molecule has 0 aliphatic carbocycles. The number of carbonyl (C=O) groups is 2. The molecular weight excluding hydrogens is 336 g/mol. The van der Waals surface area contributed by atoms with E-state index < -0.39 is 0 Å². The molecule has 2 N–H and O–H groups in total. The Kier molecular flexibility index (Phi) is 5.51. The van der Waals surface area contributed by atoms with E-state index in [9.17, 15) is 9.59 Å². The molecule has 5 heteroatoms. The Bertz CT molecular complexity index is 884. The van der Waals surface area contributed by atoms with Crippen molar-refractivity contribution in [2.24, 2.45) is 0 Å². The van der Waals surface area contributed by atoms with E-state index in [1.165, 1.54) is 10.9 Å². The SMILES string of the molecule is O=C(CCC(=O)c1ccc(Cl)cc1)NCCc1c[nH]c2ccccc12. The number of aromatic amines is 1. The molecule has 0 aliphatic rings. The quantitative estimate of drug-likeness (QED) is 0.626. The maximum absolute atomic E-state index is 12.0. The summed E-state index contributed by atoms with van der Waals surface area (Å²) in [4.78, 5) is 27.2. The molecule has 2 aromatic carbocycles. The predicted molar refractivity (Wildman–Crippen MR) is 100 cm³/mol. The van der Waals surface area contributed by atoms with Crippen LogP contribution in [0.5, 0.6) is 0 Å². The molecule has 0 fully saturated rings. The van der Waals surface area contributed by atoms with Gasteiger partial charge >= 0.3 is 0 Å². The van der Waals surface area contributed by atoms with Gasteiger partial charge in [-0.1, -0.05) is 29.8 Å². The molecule has 0 saturated carbocycles. The average molecular weight is 355 g/mol. The first kappa shape index (κ1) is 17.2. The van der Waals surface area contributed by atoms with Crippen molar-refractivity contribution in [3.05, 3.63) is 70.9 Å². The largest absolute Gasteiger partial charge is 0.361 e. The summed E-state index contributed by atoms with van der Waals surface area (Å²) in [5.74, 6) is -0.161. The van der Waals surface area contributed by atoms with Crippen molar-refractivity contribution in [3.8, 4) is 0 Å². The second-order valence-corrected chi connectivity index (χ2v) is 6.33. The van der Waals surface area contributed by atoms with Crippen LogP contribution in [0.25, 0.3) is 10.9 Å². The average Bonchev–Trinajstić information content (AvgIpc) is 3.04. The van der Waals surface area contributed by atoms with E-state index >= 15 is 0 Å². The third-order valence-electron chi connectivity index (χ3n) is 4.14. The van der Waals surface area contributed by atoms with Gasteiger partial charge in [-0.05, 0) is 42.3 Å². The molecule has 128 valence electrons. The van der Waals surface area contributed by atoms with Gasteiger partial charge in [0.2, 0.25) is 5.91 Å². The molecule has 0 saturated heterocycles. The minimum absolute atomic E-state index is 0.0524. The molecule has 1 aromatic heterocycles. The maximum atomic E-state index is 12.0. The second-order valence-electron chi connectivity index (χ2n) is 5.89. The molecule has 0 aliphatic heterocycles. The Morgan fingerprint density at radius 3 is 2.56 bits per heavy atom. The highest BCUT2D eigenvalue weighted by Gasteiger charge is 2.09. The fourth-order valence-electron chi connectivity index (χ4n) is 2.77.